The van der Waals surface area contributed by atoms with E-state index in [2.05, 4.69) is 50.4 Å². The van der Waals surface area contributed by atoms with Gasteiger partial charge in [0.25, 0.3) is 0 Å². The van der Waals surface area contributed by atoms with Crippen LogP contribution in [0.15, 0.2) is 53.4 Å². The Balaban J connectivity index is 2.00. The van der Waals surface area contributed by atoms with E-state index < -0.39 is 10.0 Å². The molecule has 0 fully saturated rings. The van der Waals surface area contributed by atoms with Crippen LogP contribution in [0.1, 0.15) is 49.4 Å². The minimum absolute atomic E-state index is 0.140. The summed E-state index contributed by atoms with van der Waals surface area (Å²) in [6.07, 6.45) is 0. The van der Waals surface area contributed by atoms with E-state index in [4.69, 9.17) is 0 Å². The van der Waals surface area contributed by atoms with Crippen LogP contribution in [0.5, 0.6) is 0 Å². The fraction of sp³-hybridized carbons (Fsp3) is 0.400. The lowest BCUT2D eigenvalue weighted by Crippen LogP contribution is -2.22. The van der Waals surface area contributed by atoms with E-state index in [1.807, 2.05) is 12.1 Å². The lowest BCUT2D eigenvalue weighted by atomic mass is 10.0. The molecule has 0 aliphatic carbocycles. The van der Waals surface area contributed by atoms with Gasteiger partial charge in [-0.15, -0.1) is 0 Å². The zero-order chi connectivity index (χ0) is 18.6. The maximum atomic E-state index is 12.1. The molecule has 0 saturated carbocycles. The molecule has 0 heterocycles. The summed E-state index contributed by atoms with van der Waals surface area (Å²) in [7, 11) is -0.294. The Bertz CT molecular complexity index is 779. The SMILES string of the molecule is CC(C)c1ccc(CNC(C)c2ccc(S(=O)(=O)N(C)C)cc2)cc1. The summed E-state index contributed by atoms with van der Waals surface area (Å²) in [6, 6.07) is 15.9. The van der Waals surface area contributed by atoms with Gasteiger partial charge in [0.2, 0.25) is 10.0 Å². The second-order valence-corrected chi connectivity index (χ2v) is 9.01. The third kappa shape index (κ3) is 4.91. The molecule has 2 aromatic carbocycles. The maximum absolute atomic E-state index is 12.1. The Morgan fingerprint density at radius 2 is 1.40 bits per heavy atom. The molecular weight excluding hydrogens is 332 g/mol. The van der Waals surface area contributed by atoms with Gasteiger partial charge in [-0.25, -0.2) is 12.7 Å². The van der Waals surface area contributed by atoms with Crippen molar-refractivity contribution in [2.75, 3.05) is 14.1 Å². The Morgan fingerprint density at radius 1 is 0.880 bits per heavy atom. The summed E-state index contributed by atoms with van der Waals surface area (Å²) in [5, 5.41) is 3.48. The summed E-state index contributed by atoms with van der Waals surface area (Å²) < 4.78 is 25.4. The highest BCUT2D eigenvalue weighted by atomic mass is 32.2. The quantitative estimate of drug-likeness (QED) is 0.814. The van der Waals surface area contributed by atoms with Gasteiger partial charge in [-0.05, 0) is 41.7 Å². The van der Waals surface area contributed by atoms with Crippen molar-refractivity contribution in [3.05, 3.63) is 65.2 Å². The minimum Gasteiger partial charge on any atom is -0.306 e. The fourth-order valence-corrected chi connectivity index (χ4v) is 3.45. The molecule has 0 aliphatic rings. The Morgan fingerprint density at radius 3 is 1.88 bits per heavy atom. The zero-order valence-corrected chi connectivity index (χ0v) is 16.5. The molecule has 1 atom stereocenters. The highest BCUT2D eigenvalue weighted by Crippen LogP contribution is 2.19. The van der Waals surface area contributed by atoms with Crippen molar-refractivity contribution in [2.24, 2.45) is 0 Å². The van der Waals surface area contributed by atoms with Crippen molar-refractivity contribution in [3.8, 4) is 0 Å². The number of rotatable bonds is 7. The summed E-state index contributed by atoms with van der Waals surface area (Å²) in [4.78, 5) is 0.317. The number of nitrogens with one attached hydrogen (secondary N) is 1. The lowest BCUT2D eigenvalue weighted by Gasteiger charge is -2.16. The van der Waals surface area contributed by atoms with Crippen molar-refractivity contribution < 1.29 is 8.42 Å². The molecule has 0 spiro atoms. The highest BCUT2D eigenvalue weighted by molar-refractivity contribution is 7.89. The van der Waals surface area contributed by atoms with E-state index in [1.165, 1.54) is 29.5 Å². The average Bonchev–Trinajstić information content (AvgIpc) is 2.60. The third-order valence-corrected chi connectivity index (χ3v) is 6.25. The Labute approximate surface area is 151 Å². The van der Waals surface area contributed by atoms with Crippen LogP contribution >= 0.6 is 0 Å². The van der Waals surface area contributed by atoms with Gasteiger partial charge in [-0.3, -0.25) is 0 Å². The summed E-state index contributed by atoms with van der Waals surface area (Å²) in [6.45, 7) is 7.24. The van der Waals surface area contributed by atoms with Crippen LogP contribution < -0.4 is 5.32 Å². The van der Waals surface area contributed by atoms with Crippen molar-refractivity contribution in [3.63, 3.8) is 0 Å². The van der Waals surface area contributed by atoms with Crippen LogP contribution in [0, 0.1) is 0 Å². The van der Waals surface area contributed by atoms with Gasteiger partial charge >= 0.3 is 0 Å². The summed E-state index contributed by atoms with van der Waals surface area (Å²) >= 11 is 0. The molecule has 0 aliphatic heterocycles. The number of hydrogen-bond acceptors (Lipinski definition) is 3. The first-order valence-electron chi connectivity index (χ1n) is 8.56. The Kier molecular flexibility index (Phi) is 6.38. The van der Waals surface area contributed by atoms with E-state index in [-0.39, 0.29) is 6.04 Å². The molecule has 0 aromatic heterocycles. The van der Waals surface area contributed by atoms with Crippen molar-refractivity contribution in [1.29, 1.82) is 0 Å². The van der Waals surface area contributed by atoms with Crippen molar-refractivity contribution in [1.82, 2.24) is 9.62 Å². The molecule has 2 rings (SSSR count). The first kappa shape index (κ1) is 19.6. The standard InChI is InChI=1S/C20H28N2O2S/c1-15(2)18-8-6-17(7-9-18)14-21-16(3)19-10-12-20(13-11-19)25(23,24)22(4)5/h6-13,15-16,21H,14H2,1-5H3. The molecule has 0 radical (unpaired) electrons. The van der Waals surface area contributed by atoms with Crippen molar-refractivity contribution >= 4 is 10.0 Å². The Hall–Kier alpha value is -1.69. The first-order chi connectivity index (χ1) is 11.7. The molecule has 1 N–H and O–H groups in total. The molecule has 5 heteroatoms. The van der Waals surface area contributed by atoms with Crippen LogP contribution in [-0.4, -0.2) is 26.8 Å². The van der Waals surface area contributed by atoms with Crippen LogP contribution in [0.2, 0.25) is 0 Å². The molecule has 4 nitrogen and oxygen atoms in total. The normalized spacial score (nSPS) is 13.4. The van der Waals surface area contributed by atoms with Gasteiger partial charge in [-0.1, -0.05) is 50.2 Å². The topological polar surface area (TPSA) is 49.4 Å². The monoisotopic (exact) mass is 360 g/mol. The molecule has 1 unspecified atom stereocenters. The summed E-state index contributed by atoms with van der Waals surface area (Å²) in [5.41, 5.74) is 3.65. The van der Waals surface area contributed by atoms with E-state index >= 15 is 0 Å². The molecule has 0 bridgehead atoms. The number of sulfonamides is 1. The van der Waals surface area contributed by atoms with Crippen LogP contribution in [0.3, 0.4) is 0 Å². The van der Waals surface area contributed by atoms with Crippen LogP contribution in [-0.2, 0) is 16.6 Å². The van der Waals surface area contributed by atoms with Gasteiger partial charge in [0.15, 0.2) is 0 Å². The molecule has 2 aromatic rings. The van der Waals surface area contributed by atoms with Crippen LogP contribution in [0.25, 0.3) is 0 Å². The first-order valence-corrected chi connectivity index (χ1v) is 10.0. The largest absolute Gasteiger partial charge is 0.306 e. The number of hydrogen-bond donors (Lipinski definition) is 1. The molecular formula is C20H28N2O2S. The predicted octanol–water partition coefficient (Wildman–Crippen LogP) is 3.91. The fourth-order valence-electron chi connectivity index (χ4n) is 2.55. The van der Waals surface area contributed by atoms with Gasteiger partial charge in [0.1, 0.15) is 0 Å². The second kappa shape index (κ2) is 8.13. The summed E-state index contributed by atoms with van der Waals surface area (Å²) in [5.74, 6) is 0.540. The maximum Gasteiger partial charge on any atom is 0.242 e. The van der Waals surface area contributed by atoms with Gasteiger partial charge < -0.3 is 5.32 Å². The highest BCUT2D eigenvalue weighted by Gasteiger charge is 2.17. The third-order valence-electron chi connectivity index (χ3n) is 4.42. The van der Waals surface area contributed by atoms with E-state index in [0.29, 0.717) is 10.8 Å². The number of nitrogens with zero attached hydrogens (tertiary/aromatic N) is 1. The predicted molar refractivity (Wildman–Crippen MR) is 103 cm³/mol. The van der Waals surface area contributed by atoms with Gasteiger partial charge in [0, 0.05) is 26.7 Å². The van der Waals surface area contributed by atoms with Gasteiger partial charge in [0.05, 0.1) is 4.90 Å². The van der Waals surface area contributed by atoms with Gasteiger partial charge in [-0.2, -0.15) is 0 Å². The van der Waals surface area contributed by atoms with E-state index in [1.54, 1.807) is 12.1 Å². The smallest absolute Gasteiger partial charge is 0.242 e. The van der Waals surface area contributed by atoms with Crippen LogP contribution in [0.4, 0.5) is 0 Å². The van der Waals surface area contributed by atoms with E-state index in [0.717, 1.165) is 12.1 Å². The molecule has 0 saturated heterocycles. The van der Waals surface area contributed by atoms with E-state index in [9.17, 15) is 8.42 Å². The second-order valence-electron chi connectivity index (χ2n) is 6.86. The number of benzene rings is 2. The van der Waals surface area contributed by atoms with Crippen molar-refractivity contribution in [2.45, 2.75) is 44.2 Å². The minimum atomic E-state index is -3.37. The lowest BCUT2D eigenvalue weighted by molar-refractivity contribution is 0.520. The molecule has 136 valence electrons. The average molecular weight is 361 g/mol. The molecule has 0 amide bonds. The zero-order valence-electron chi connectivity index (χ0n) is 15.7. The molecule has 25 heavy (non-hydrogen) atoms.